The summed E-state index contributed by atoms with van der Waals surface area (Å²) < 4.78 is 0. The number of hydrogen-bond donors (Lipinski definition) is 4. The summed E-state index contributed by atoms with van der Waals surface area (Å²) in [6.07, 6.45) is 2.27. The number of hydrogen-bond acceptors (Lipinski definition) is 7. The van der Waals surface area contributed by atoms with E-state index >= 15 is 0 Å². The molecular weight excluding hydrogens is 440 g/mol. The summed E-state index contributed by atoms with van der Waals surface area (Å²) in [5.74, 6) is -0.675. The highest BCUT2D eigenvalue weighted by atomic mass is 35.5. The van der Waals surface area contributed by atoms with E-state index in [9.17, 15) is 25.2 Å². The molecule has 0 fully saturated rings. The molecule has 0 radical (unpaired) electrons. The van der Waals surface area contributed by atoms with Crippen molar-refractivity contribution in [1.29, 1.82) is 0 Å². The summed E-state index contributed by atoms with van der Waals surface area (Å²) in [7, 11) is 0. The fraction of sp³-hybridized carbons (Fsp3) is 0.409. The van der Waals surface area contributed by atoms with E-state index in [0.29, 0.717) is 36.5 Å². The maximum Gasteiger partial charge on any atom is 0.327 e. The first-order valence-corrected chi connectivity index (χ1v) is 11.7. The van der Waals surface area contributed by atoms with Gasteiger partial charge in [0.25, 0.3) is 0 Å². The smallest absolute Gasteiger partial charge is 0.327 e. The molecule has 0 bridgehead atoms. The number of carboxylic acids is 1. The minimum absolute atomic E-state index is 0.0257. The second-order valence-electron chi connectivity index (χ2n) is 7.93. The average Bonchev–Trinajstić information content (AvgIpc) is 3.07. The Kier molecular flexibility index (Phi) is 7.13. The minimum atomic E-state index is -1.01. The second-order valence-corrected chi connectivity index (χ2v) is 9.32. The SMILES string of the molecule is CSCC[C@@H](C(=O)O)N(c1cc(C(C)C)c(O)cc1O)N1Cc2cc(O)c(Cl)cc2C1. The van der Waals surface area contributed by atoms with E-state index in [1.807, 2.05) is 25.1 Å². The first-order valence-electron chi connectivity index (χ1n) is 9.96. The number of nitrogens with zero attached hydrogens (tertiary/aromatic N) is 2. The van der Waals surface area contributed by atoms with Crippen LogP contribution in [0.2, 0.25) is 5.02 Å². The minimum Gasteiger partial charge on any atom is -0.508 e. The molecule has 0 spiro atoms. The summed E-state index contributed by atoms with van der Waals surface area (Å²) in [6, 6.07) is 5.25. The molecule has 0 saturated heterocycles. The Morgan fingerprint density at radius 1 is 1.10 bits per heavy atom. The number of halogens is 1. The highest BCUT2D eigenvalue weighted by Crippen LogP contribution is 2.42. The summed E-state index contributed by atoms with van der Waals surface area (Å²) in [5.41, 5.74) is 2.65. The molecule has 2 aromatic rings. The van der Waals surface area contributed by atoms with Crippen molar-refractivity contribution in [1.82, 2.24) is 5.01 Å². The molecule has 1 atom stereocenters. The lowest BCUT2D eigenvalue weighted by molar-refractivity contribution is -0.139. The van der Waals surface area contributed by atoms with E-state index in [-0.39, 0.29) is 28.2 Å². The molecule has 1 aliphatic rings. The third-order valence-electron chi connectivity index (χ3n) is 5.45. The Hall–Kier alpha value is -2.29. The van der Waals surface area contributed by atoms with Crippen LogP contribution in [0.3, 0.4) is 0 Å². The maximum atomic E-state index is 12.3. The van der Waals surface area contributed by atoms with Crippen molar-refractivity contribution in [3.05, 3.63) is 46.0 Å². The van der Waals surface area contributed by atoms with Crippen molar-refractivity contribution < 1.29 is 25.2 Å². The van der Waals surface area contributed by atoms with Crippen LogP contribution < -0.4 is 5.01 Å². The van der Waals surface area contributed by atoms with Crippen molar-refractivity contribution in [2.24, 2.45) is 0 Å². The number of rotatable bonds is 8. The summed E-state index contributed by atoms with van der Waals surface area (Å²) >= 11 is 7.62. The van der Waals surface area contributed by atoms with Gasteiger partial charge in [0.2, 0.25) is 0 Å². The zero-order valence-corrected chi connectivity index (χ0v) is 19.2. The summed E-state index contributed by atoms with van der Waals surface area (Å²) in [4.78, 5) is 12.3. The van der Waals surface area contributed by atoms with Crippen LogP contribution in [-0.4, -0.2) is 49.5 Å². The Balaban J connectivity index is 2.10. The molecular formula is C22H27ClN2O5S. The van der Waals surface area contributed by atoms with Crippen molar-refractivity contribution in [2.75, 3.05) is 17.0 Å². The molecule has 2 aromatic carbocycles. The number of thioether (sulfide) groups is 1. The fourth-order valence-electron chi connectivity index (χ4n) is 3.87. The van der Waals surface area contributed by atoms with Gasteiger partial charge in [-0.1, -0.05) is 25.4 Å². The third kappa shape index (κ3) is 4.81. The van der Waals surface area contributed by atoms with Crippen molar-refractivity contribution >= 4 is 35.0 Å². The number of benzene rings is 2. The van der Waals surface area contributed by atoms with Gasteiger partial charge in [-0.05, 0) is 59.2 Å². The quantitative estimate of drug-likeness (QED) is 0.450. The Bertz CT molecular complexity index is 954. The number of aliphatic carboxylic acids is 1. The van der Waals surface area contributed by atoms with Crippen LogP contribution in [0.1, 0.15) is 42.9 Å². The predicted octanol–water partition coefficient (Wildman–Crippen LogP) is 4.52. The Labute approximate surface area is 190 Å². The maximum absolute atomic E-state index is 12.3. The standard InChI is InChI=1S/C22H27ClN2O5S/c1-12(2)15-8-18(21(28)9-19(15)26)25(17(22(29)30)4-5-31-3)24-10-13-6-16(23)20(27)7-14(13)11-24/h6-9,12,17,26-28H,4-5,10-11H2,1-3H3,(H,29,30)/t17-/m0/s1. The highest BCUT2D eigenvalue weighted by molar-refractivity contribution is 7.98. The van der Waals surface area contributed by atoms with Gasteiger partial charge in [-0.2, -0.15) is 11.8 Å². The number of hydrazine groups is 1. The van der Waals surface area contributed by atoms with Gasteiger partial charge in [-0.25, -0.2) is 9.80 Å². The molecule has 0 saturated carbocycles. The average molecular weight is 467 g/mol. The van der Waals surface area contributed by atoms with E-state index < -0.39 is 12.0 Å². The summed E-state index contributed by atoms with van der Waals surface area (Å²) in [6.45, 7) is 4.55. The number of carboxylic acid groups (broad SMARTS) is 1. The topological polar surface area (TPSA) is 104 Å². The monoisotopic (exact) mass is 466 g/mol. The highest BCUT2D eigenvalue weighted by Gasteiger charge is 2.36. The zero-order chi connectivity index (χ0) is 22.9. The molecule has 9 heteroatoms. The Morgan fingerprint density at radius 3 is 2.32 bits per heavy atom. The second kappa shape index (κ2) is 9.46. The summed E-state index contributed by atoms with van der Waals surface area (Å²) in [5, 5.41) is 44.7. The largest absolute Gasteiger partial charge is 0.508 e. The van der Waals surface area contributed by atoms with Gasteiger partial charge < -0.3 is 20.4 Å². The Morgan fingerprint density at radius 2 is 1.74 bits per heavy atom. The molecule has 1 aliphatic heterocycles. The molecule has 1 heterocycles. The van der Waals surface area contributed by atoms with Crippen LogP contribution in [0.25, 0.3) is 0 Å². The van der Waals surface area contributed by atoms with Gasteiger partial charge >= 0.3 is 5.97 Å². The predicted molar refractivity (Wildman–Crippen MR) is 123 cm³/mol. The van der Waals surface area contributed by atoms with Gasteiger partial charge in [0.15, 0.2) is 0 Å². The van der Waals surface area contributed by atoms with Gasteiger partial charge in [-0.3, -0.25) is 5.01 Å². The van der Waals surface area contributed by atoms with Crippen molar-refractivity contribution in [3.8, 4) is 17.2 Å². The van der Waals surface area contributed by atoms with Crippen LogP contribution in [0.5, 0.6) is 17.2 Å². The van der Waals surface area contributed by atoms with Gasteiger partial charge in [0.05, 0.1) is 10.7 Å². The third-order valence-corrected chi connectivity index (χ3v) is 6.39. The lowest BCUT2D eigenvalue weighted by Gasteiger charge is -2.38. The van der Waals surface area contributed by atoms with Crippen molar-refractivity contribution in [2.45, 2.75) is 45.3 Å². The molecule has 4 N–H and O–H groups in total. The molecule has 7 nitrogen and oxygen atoms in total. The number of anilines is 1. The first kappa shape index (κ1) is 23.4. The number of phenolic OH excluding ortho intramolecular Hbond substituents is 3. The van der Waals surface area contributed by atoms with E-state index in [4.69, 9.17) is 11.6 Å². The van der Waals surface area contributed by atoms with Crippen LogP contribution in [0, 0.1) is 0 Å². The number of carbonyl (C=O) groups is 1. The van der Waals surface area contributed by atoms with Crippen molar-refractivity contribution in [3.63, 3.8) is 0 Å². The molecule has 0 amide bonds. The number of aromatic hydroxyl groups is 3. The molecule has 168 valence electrons. The van der Waals surface area contributed by atoms with Gasteiger partial charge in [-0.15, -0.1) is 0 Å². The first-order chi connectivity index (χ1) is 14.6. The van der Waals surface area contributed by atoms with E-state index in [2.05, 4.69) is 0 Å². The van der Waals surface area contributed by atoms with E-state index in [1.165, 1.54) is 6.07 Å². The molecule has 0 aromatic heterocycles. The zero-order valence-electron chi connectivity index (χ0n) is 17.7. The normalized spacial score (nSPS) is 14.6. The molecule has 0 aliphatic carbocycles. The van der Waals surface area contributed by atoms with Gasteiger partial charge in [0, 0.05) is 19.2 Å². The van der Waals surface area contributed by atoms with Crippen LogP contribution in [-0.2, 0) is 17.9 Å². The fourth-order valence-corrected chi connectivity index (χ4v) is 4.51. The van der Waals surface area contributed by atoms with Gasteiger partial charge in [0.1, 0.15) is 23.3 Å². The van der Waals surface area contributed by atoms with E-state index in [0.717, 1.165) is 11.1 Å². The molecule has 31 heavy (non-hydrogen) atoms. The number of fused-ring (bicyclic) bond motifs is 1. The lowest BCUT2D eigenvalue weighted by Crippen LogP contribution is -2.50. The molecule has 3 rings (SSSR count). The number of phenols is 3. The lowest BCUT2D eigenvalue weighted by atomic mass is 10.0. The van der Waals surface area contributed by atoms with Crippen LogP contribution in [0.4, 0.5) is 5.69 Å². The van der Waals surface area contributed by atoms with Crippen LogP contribution in [0.15, 0.2) is 24.3 Å². The van der Waals surface area contributed by atoms with E-state index in [1.54, 1.807) is 35.0 Å². The molecule has 0 unspecified atom stereocenters. The van der Waals surface area contributed by atoms with Crippen LogP contribution >= 0.6 is 23.4 Å².